The fraction of sp³-hybridized carbons (Fsp3) is 0.647. The zero-order valence-corrected chi connectivity index (χ0v) is 17.6. The normalized spacial score (nSPS) is 16.9. The van der Waals surface area contributed by atoms with E-state index in [2.05, 4.69) is 40.0 Å². The summed E-state index contributed by atoms with van der Waals surface area (Å²) in [5, 5.41) is 3.30. The molecule has 0 spiro atoms. The minimum atomic E-state index is -4.30. The lowest BCUT2D eigenvalue weighted by atomic mass is 9.94. The molecule has 1 aromatic rings. The van der Waals surface area contributed by atoms with Crippen molar-refractivity contribution < 1.29 is 13.2 Å². The molecular weight excluding hydrogens is 440 g/mol. The van der Waals surface area contributed by atoms with Crippen molar-refractivity contribution in [1.82, 2.24) is 10.2 Å². The van der Waals surface area contributed by atoms with E-state index in [0.29, 0.717) is 5.92 Å². The number of alkyl halides is 3. The van der Waals surface area contributed by atoms with E-state index in [0.717, 1.165) is 55.1 Å². The van der Waals surface area contributed by atoms with E-state index in [1.54, 1.807) is 0 Å². The number of rotatable bonds is 5. The molecule has 0 radical (unpaired) electrons. The SMILES string of the molecule is CC(C)CC[C@H](c1cc(C(F)(F)F)ccc1Br)N1CCNCC1.Cl.Cl. The molecule has 1 atom stereocenters. The Morgan fingerprint density at radius 3 is 2.24 bits per heavy atom. The number of halogens is 6. The Balaban J connectivity index is 0.00000288. The van der Waals surface area contributed by atoms with Crippen LogP contribution in [0.3, 0.4) is 0 Å². The van der Waals surface area contributed by atoms with Crippen molar-refractivity contribution in [3.63, 3.8) is 0 Å². The van der Waals surface area contributed by atoms with Gasteiger partial charge < -0.3 is 5.32 Å². The molecule has 1 aliphatic heterocycles. The van der Waals surface area contributed by atoms with Crippen molar-refractivity contribution in [2.24, 2.45) is 5.92 Å². The summed E-state index contributed by atoms with van der Waals surface area (Å²) in [6.07, 6.45) is -2.43. The Hall–Kier alpha value is -0.0100. The Morgan fingerprint density at radius 1 is 1.12 bits per heavy atom. The number of benzene rings is 1. The zero-order valence-electron chi connectivity index (χ0n) is 14.4. The molecule has 1 heterocycles. The molecule has 1 aromatic carbocycles. The topological polar surface area (TPSA) is 15.3 Å². The molecule has 1 saturated heterocycles. The second-order valence-corrected chi connectivity index (χ2v) is 7.36. The molecule has 1 N–H and O–H groups in total. The molecule has 0 unspecified atom stereocenters. The molecule has 0 bridgehead atoms. The second-order valence-electron chi connectivity index (χ2n) is 6.51. The predicted octanol–water partition coefficient (Wildman–Crippen LogP) is 5.69. The van der Waals surface area contributed by atoms with E-state index in [1.807, 2.05) is 0 Å². The molecule has 1 fully saturated rings. The van der Waals surface area contributed by atoms with Crippen LogP contribution in [-0.4, -0.2) is 31.1 Å². The van der Waals surface area contributed by atoms with Crippen LogP contribution in [0, 0.1) is 5.92 Å². The van der Waals surface area contributed by atoms with E-state index in [9.17, 15) is 13.2 Å². The van der Waals surface area contributed by atoms with Crippen LogP contribution in [0.15, 0.2) is 22.7 Å². The number of nitrogens with zero attached hydrogens (tertiary/aromatic N) is 1. The standard InChI is InChI=1S/C17H24BrF3N2.2ClH/c1-12(2)3-6-16(23-9-7-22-8-10-23)14-11-13(17(19,20)21)4-5-15(14)18;;/h4-5,11-12,16,22H,3,6-10H2,1-2H3;2*1H/t16-;;/m1../s1. The van der Waals surface area contributed by atoms with Crippen LogP contribution in [0.4, 0.5) is 13.2 Å². The molecule has 2 nitrogen and oxygen atoms in total. The van der Waals surface area contributed by atoms with Gasteiger partial charge in [0.2, 0.25) is 0 Å². The fourth-order valence-corrected chi connectivity index (χ4v) is 3.51. The molecular formula is C17H26BrCl2F3N2. The fourth-order valence-electron chi connectivity index (χ4n) is 3.00. The van der Waals surface area contributed by atoms with Gasteiger partial charge >= 0.3 is 6.18 Å². The van der Waals surface area contributed by atoms with Crippen LogP contribution in [0.1, 0.15) is 43.9 Å². The van der Waals surface area contributed by atoms with Crippen LogP contribution < -0.4 is 5.32 Å². The van der Waals surface area contributed by atoms with Crippen LogP contribution in [0.5, 0.6) is 0 Å². The van der Waals surface area contributed by atoms with Crippen molar-refractivity contribution in [2.75, 3.05) is 26.2 Å². The van der Waals surface area contributed by atoms with Gasteiger partial charge in [0.1, 0.15) is 0 Å². The molecule has 0 saturated carbocycles. The summed E-state index contributed by atoms with van der Waals surface area (Å²) in [7, 11) is 0. The molecule has 0 aliphatic carbocycles. The Labute approximate surface area is 168 Å². The van der Waals surface area contributed by atoms with Gasteiger partial charge in [-0.05, 0) is 42.5 Å². The maximum atomic E-state index is 13.1. The van der Waals surface area contributed by atoms with Gasteiger partial charge in [0.15, 0.2) is 0 Å². The van der Waals surface area contributed by atoms with E-state index >= 15 is 0 Å². The second kappa shape index (κ2) is 11.0. The minimum Gasteiger partial charge on any atom is -0.314 e. The molecule has 8 heteroatoms. The maximum absolute atomic E-state index is 13.1. The average Bonchev–Trinajstić information content (AvgIpc) is 2.48. The van der Waals surface area contributed by atoms with Crippen LogP contribution in [0.2, 0.25) is 0 Å². The van der Waals surface area contributed by atoms with Crippen molar-refractivity contribution in [2.45, 2.75) is 38.9 Å². The molecule has 0 aromatic heterocycles. The maximum Gasteiger partial charge on any atom is 0.416 e. The summed E-state index contributed by atoms with van der Waals surface area (Å²) >= 11 is 3.46. The Morgan fingerprint density at radius 2 is 1.72 bits per heavy atom. The average molecular weight is 466 g/mol. The summed E-state index contributed by atoms with van der Waals surface area (Å²) in [4.78, 5) is 2.30. The number of nitrogens with one attached hydrogen (secondary N) is 1. The van der Waals surface area contributed by atoms with E-state index in [4.69, 9.17) is 0 Å². The van der Waals surface area contributed by atoms with Crippen LogP contribution in [-0.2, 0) is 6.18 Å². The molecule has 0 amide bonds. The lowest BCUT2D eigenvalue weighted by molar-refractivity contribution is -0.137. The van der Waals surface area contributed by atoms with Gasteiger partial charge in [-0.3, -0.25) is 4.90 Å². The van der Waals surface area contributed by atoms with Crippen molar-refractivity contribution in [3.8, 4) is 0 Å². The molecule has 1 aliphatic rings. The quantitative estimate of drug-likeness (QED) is 0.600. The lowest BCUT2D eigenvalue weighted by Gasteiger charge is -2.36. The van der Waals surface area contributed by atoms with Crippen LogP contribution >= 0.6 is 40.7 Å². The van der Waals surface area contributed by atoms with Crippen molar-refractivity contribution in [3.05, 3.63) is 33.8 Å². The van der Waals surface area contributed by atoms with E-state index < -0.39 is 11.7 Å². The Kier molecular flexibility index (Phi) is 11.0. The monoisotopic (exact) mass is 464 g/mol. The molecule has 146 valence electrons. The third-order valence-electron chi connectivity index (χ3n) is 4.29. The van der Waals surface area contributed by atoms with Crippen LogP contribution in [0.25, 0.3) is 0 Å². The number of hydrogen-bond donors (Lipinski definition) is 1. The molecule has 2 rings (SSSR count). The third kappa shape index (κ3) is 7.25. The first-order chi connectivity index (χ1) is 10.8. The highest BCUT2D eigenvalue weighted by atomic mass is 79.9. The minimum absolute atomic E-state index is 0. The highest BCUT2D eigenvalue weighted by Crippen LogP contribution is 2.37. The summed E-state index contributed by atoms with van der Waals surface area (Å²) < 4.78 is 40.0. The van der Waals surface area contributed by atoms with Gasteiger partial charge in [-0.25, -0.2) is 0 Å². The van der Waals surface area contributed by atoms with E-state index in [1.165, 1.54) is 12.1 Å². The van der Waals surface area contributed by atoms with Crippen molar-refractivity contribution in [1.29, 1.82) is 0 Å². The zero-order chi connectivity index (χ0) is 17.0. The number of piperazine rings is 1. The third-order valence-corrected chi connectivity index (χ3v) is 5.01. The summed E-state index contributed by atoms with van der Waals surface area (Å²) in [5.74, 6) is 0.532. The molecule has 25 heavy (non-hydrogen) atoms. The first kappa shape index (κ1) is 25.0. The highest BCUT2D eigenvalue weighted by molar-refractivity contribution is 9.10. The first-order valence-electron chi connectivity index (χ1n) is 8.10. The summed E-state index contributed by atoms with van der Waals surface area (Å²) in [6, 6.07) is 4.01. The highest BCUT2D eigenvalue weighted by Gasteiger charge is 2.32. The lowest BCUT2D eigenvalue weighted by Crippen LogP contribution is -2.45. The number of hydrogen-bond acceptors (Lipinski definition) is 2. The van der Waals surface area contributed by atoms with E-state index in [-0.39, 0.29) is 30.9 Å². The largest absolute Gasteiger partial charge is 0.416 e. The van der Waals surface area contributed by atoms with Gasteiger partial charge in [-0.2, -0.15) is 13.2 Å². The smallest absolute Gasteiger partial charge is 0.314 e. The van der Waals surface area contributed by atoms with Crippen molar-refractivity contribution >= 4 is 40.7 Å². The Bertz CT molecular complexity index is 521. The van der Waals surface area contributed by atoms with Gasteiger partial charge in [-0.15, -0.1) is 24.8 Å². The van der Waals surface area contributed by atoms with Gasteiger partial charge in [0.25, 0.3) is 0 Å². The van der Waals surface area contributed by atoms with Gasteiger partial charge in [0, 0.05) is 36.7 Å². The summed E-state index contributed by atoms with van der Waals surface area (Å²) in [5.41, 5.74) is 0.183. The van der Waals surface area contributed by atoms with Gasteiger partial charge in [0.05, 0.1) is 5.56 Å². The first-order valence-corrected chi connectivity index (χ1v) is 8.89. The van der Waals surface area contributed by atoms with Gasteiger partial charge in [-0.1, -0.05) is 29.8 Å². The summed E-state index contributed by atoms with van der Waals surface area (Å²) in [6.45, 7) is 7.80. The predicted molar refractivity (Wildman–Crippen MR) is 105 cm³/mol.